The number of hydrogen-bond acceptors (Lipinski definition) is 9. The molecule has 0 saturated heterocycles. The van der Waals surface area contributed by atoms with Crippen molar-refractivity contribution in [2.75, 3.05) is 26.4 Å². The minimum Gasteiger partial charge on any atom is -0.462 e. The Morgan fingerprint density at radius 3 is 1.44 bits per heavy atom. The molecule has 0 aromatic heterocycles. The van der Waals surface area contributed by atoms with E-state index in [1.54, 1.807) is 0 Å². The first-order valence-electron chi connectivity index (χ1n) is 21.1. The van der Waals surface area contributed by atoms with Gasteiger partial charge in [-0.25, -0.2) is 4.57 Å². The first-order valence-corrected chi connectivity index (χ1v) is 22.6. The molecule has 11 heteroatoms. The number of carbonyl (C=O) groups excluding carboxylic acids is 2. The molecule has 0 saturated carbocycles. The van der Waals surface area contributed by atoms with E-state index in [1.165, 1.54) is 122 Å². The fraction of sp³-hybridized carbons (Fsp3) is 0.902. The molecule has 0 heterocycles. The summed E-state index contributed by atoms with van der Waals surface area (Å²) < 4.78 is 32.7. The van der Waals surface area contributed by atoms with E-state index in [2.05, 4.69) is 30.5 Å². The molecule has 0 fully saturated rings. The van der Waals surface area contributed by atoms with E-state index < -0.39 is 51.8 Å². The number of aliphatic hydroxyl groups excluding tert-OH is 2. The van der Waals surface area contributed by atoms with Gasteiger partial charge in [-0.1, -0.05) is 167 Å². The normalized spacial score (nSPS) is 14.0. The van der Waals surface area contributed by atoms with Crippen molar-refractivity contribution in [3.8, 4) is 0 Å². The SMILES string of the molecule is CCCC/C=C/CCCCCCCCCCCC(=O)O[C@H](COC(=O)CCCCCCCCCCCCCCCC)COP(=O)(O)OC[C@@H](O)CO. The van der Waals surface area contributed by atoms with Gasteiger partial charge < -0.3 is 24.6 Å². The van der Waals surface area contributed by atoms with Crippen molar-refractivity contribution < 1.29 is 47.8 Å². The van der Waals surface area contributed by atoms with Gasteiger partial charge in [-0.05, 0) is 32.1 Å². The predicted octanol–water partition coefficient (Wildman–Crippen LogP) is 10.8. The van der Waals surface area contributed by atoms with Crippen LogP contribution in [0, 0.1) is 0 Å². The minimum absolute atomic E-state index is 0.186. The van der Waals surface area contributed by atoms with Crippen molar-refractivity contribution in [1.82, 2.24) is 0 Å². The Bertz CT molecular complexity index is 884. The molecule has 52 heavy (non-hydrogen) atoms. The van der Waals surface area contributed by atoms with Crippen LogP contribution < -0.4 is 0 Å². The van der Waals surface area contributed by atoms with Crippen LogP contribution in [0.1, 0.15) is 200 Å². The smallest absolute Gasteiger partial charge is 0.462 e. The van der Waals surface area contributed by atoms with Crippen LogP contribution in [0.5, 0.6) is 0 Å². The third-order valence-corrected chi connectivity index (χ3v) is 10.1. The second-order valence-corrected chi connectivity index (χ2v) is 15.8. The standard InChI is InChI=1S/C41H79O10P/c1-3-5-7-9-11-13-15-17-19-21-23-25-27-29-31-33-41(45)51-39(37-50-52(46,47)49-35-38(43)34-42)36-48-40(44)32-30-28-26-24-22-20-18-16-14-12-10-8-6-4-2/h9,11,38-39,42-43H,3-8,10,12-37H2,1-2H3,(H,46,47)/b11-9+/t38-,39+/m0/s1. The van der Waals surface area contributed by atoms with E-state index >= 15 is 0 Å². The van der Waals surface area contributed by atoms with Crippen molar-refractivity contribution in [2.24, 2.45) is 0 Å². The fourth-order valence-electron chi connectivity index (χ4n) is 5.86. The summed E-state index contributed by atoms with van der Waals surface area (Å²) in [6.07, 6.45) is 34.6. The van der Waals surface area contributed by atoms with Gasteiger partial charge in [0, 0.05) is 12.8 Å². The van der Waals surface area contributed by atoms with Crippen LogP contribution in [0.4, 0.5) is 0 Å². The molecule has 1 unspecified atom stereocenters. The van der Waals surface area contributed by atoms with Gasteiger partial charge in [0.15, 0.2) is 6.10 Å². The average molecular weight is 763 g/mol. The van der Waals surface area contributed by atoms with Crippen molar-refractivity contribution >= 4 is 19.8 Å². The number of rotatable bonds is 40. The molecular weight excluding hydrogens is 683 g/mol. The van der Waals surface area contributed by atoms with E-state index in [9.17, 15) is 24.2 Å². The number of phosphoric acid groups is 1. The second kappa shape index (κ2) is 38.0. The molecular formula is C41H79O10P. The Kier molecular flexibility index (Phi) is 37.1. The molecule has 0 aromatic carbocycles. The van der Waals surface area contributed by atoms with E-state index in [1.807, 2.05) is 0 Å². The van der Waals surface area contributed by atoms with Crippen LogP contribution in [0.25, 0.3) is 0 Å². The second-order valence-electron chi connectivity index (χ2n) is 14.4. The number of esters is 2. The summed E-state index contributed by atoms with van der Waals surface area (Å²) in [5.41, 5.74) is 0. The maximum atomic E-state index is 12.6. The number of aliphatic hydroxyl groups is 2. The van der Waals surface area contributed by atoms with Gasteiger partial charge in [0.1, 0.15) is 12.7 Å². The van der Waals surface area contributed by atoms with E-state index in [0.29, 0.717) is 12.8 Å². The molecule has 0 spiro atoms. The summed E-state index contributed by atoms with van der Waals surface area (Å²) >= 11 is 0. The van der Waals surface area contributed by atoms with Crippen molar-refractivity contribution in [3.05, 3.63) is 12.2 Å². The highest BCUT2D eigenvalue weighted by Crippen LogP contribution is 2.43. The van der Waals surface area contributed by atoms with Crippen molar-refractivity contribution in [1.29, 1.82) is 0 Å². The average Bonchev–Trinajstić information content (AvgIpc) is 3.13. The highest BCUT2D eigenvalue weighted by molar-refractivity contribution is 7.47. The molecule has 0 aromatic rings. The van der Waals surface area contributed by atoms with Crippen LogP contribution in [-0.4, -0.2) is 65.7 Å². The van der Waals surface area contributed by atoms with Gasteiger partial charge in [-0.3, -0.25) is 18.6 Å². The van der Waals surface area contributed by atoms with Crippen LogP contribution in [0.15, 0.2) is 12.2 Å². The van der Waals surface area contributed by atoms with E-state index in [4.69, 9.17) is 19.1 Å². The summed E-state index contributed by atoms with van der Waals surface area (Å²) in [6, 6.07) is 0. The van der Waals surface area contributed by atoms with Crippen LogP contribution >= 0.6 is 7.82 Å². The zero-order valence-electron chi connectivity index (χ0n) is 33.3. The highest BCUT2D eigenvalue weighted by Gasteiger charge is 2.27. The van der Waals surface area contributed by atoms with Gasteiger partial charge in [-0.2, -0.15) is 0 Å². The number of hydrogen-bond donors (Lipinski definition) is 3. The van der Waals surface area contributed by atoms with Crippen LogP contribution in [-0.2, 0) is 32.7 Å². The Morgan fingerprint density at radius 2 is 0.962 bits per heavy atom. The molecule has 0 bridgehead atoms. The first-order chi connectivity index (χ1) is 25.2. The molecule has 3 N–H and O–H groups in total. The fourth-order valence-corrected chi connectivity index (χ4v) is 6.65. The monoisotopic (exact) mass is 763 g/mol. The van der Waals surface area contributed by atoms with Gasteiger partial charge in [0.2, 0.25) is 0 Å². The lowest BCUT2D eigenvalue weighted by atomic mass is 10.0. The maximum Gasteiger partial charge on any atom is 0.472 e. The Labute approximate surface area is 317 Å². The molecule has 0 aliphatic heterocycles. The summed E-state index contributed by atoms with van der Waals surface area (Å²) in [6.45, 7) is 2.37. The highest BCUT2D eigenvalue weighted by atomic mass is 31.2. The van der Waals surface area contributed by atoms with Crippen LogP contribution in [0.2, 0.25) is 0 Å². The van der Waals surface area contributed by atoms with Crippen molar-refractivity contribution in [3.63, 3.8) is 0 Å². The number of phosphoric ester groups is 1. The van der Waals surface area contributed by atoms with Gasteiger partial charge in [-0.15, -0.1) is 0 Å². The summed E-state index contributed by atoms with van der Waals surface area (Å²) in [4.78, 5) is 34.9. The number of unbranched alkanes of at least 4 members (excludes halogenated alkanes) is 24. The van der Waals surface area contributed by atoms with E-state index in [0.717, 1.165) is 38.5 Å². The number of ether oxygens (including phenoxy) is 2. The summed E-state index contributed by atoms with van der Waals surface area (Å²) in [7, 11) is -4.61. The zero-order chi connectivity index (χ0) is 38.4. The van der Waals surface area contributed by atoms with E-state index in [-0.39, 0.29) is 19.4 Å². The molecule has 0 radical (unpaired) electrons. The molecule has 10 nitrogen and oxygen atoms in total. The van der Waals surface area contributed by atoms with Gasteiger partial charge in [0.25, 0.3) is 0 Å². The lowest BCUT2D eigenvalue weighted by Gasteiger charge is -2.20. The zero-order valence-corrected chi connectivity index (χ0v) is 34.2. The summed E-state index contributed by atoms with van der Waals surface area (Å²) in [5, 5.41) is 18.3. The molecule has 0 rings (SSSR count). The first kappa shape index (κ1) is 50.7. The molecule has 0 aliphatic rings. The van der Waals surface area contributed by atoms with Gasteiger partial charge in [0.05, 0.1) is 19.8 Å². The largest absolute Gasteiger partial charge is 0.472 e. The van der Waals surface area contributed by atoms with Crippen molar-refractivity contribution in [2.45, 2.75) is 212 Å². The molecule has 0 aliphatic carbocycles. The lowest BCUT2D eigenvalue weighted by molar-refractivity contribution is -0.161. The minimum atomic E-state index is -4.61. The quantitative estimate of drug-likeness (QED) is 0.0238. The topological polar surface area (TPSA) is 149 Å². The molecule has 3 atom stereocenters. The number of carbonyl (C=O) groups is 2. The van der Waals surface area contributed by atoms with Crippen LogP contribution in [0.3, 0.4) is 0 Å². The molecule has 0 amide bonds. The number of allylic oxidation sites excluding steroid dienone is 2. The Balaban J connectivity index is 4.28. The third-order valence-electron chi connectivity index (χ3n) is 9.17. The Morgan fingerprint density at radius 1 is 0.558 bits per heavy atom. The van der Waals surface area contributed by atoms with Gasteiger partial charge >= 0.3 is 19.8 Å². The third kappa shape index (κ3) is 37.0. The lowest BCUT2D eigenvalue weighted by Crippen LogP contribution is -2.29. The predicted molar refractivity (Wildman–Crippen MR) is 210 cm³/mol. The molecule has 308 valence electrons. The maximum absolute atomic E-state index is 12.6. The Hall–Kier alpha value is -1.29. The summed E-state index contributed by atoms with van der Waals surface area (Å²) in [5.74, 6) is -0.918.